The number of ether oxygens (including phenoxy) is 1. The Hall–Kier alpha value is -2.45. The van der Waals surface area contributed by atoms with Crippen molar-refractivity contribution in [3.05, 3.63) is 35.9 Å². The first kappa shape index (κ1) is 19.9. The third kappa shape index (κ3) is 6.12. The molecule has 0 bridgehead atoms. The minimum atomic E-state index is -0.833. The highest BCUT2D eigenvalue weighted by Crippen LogP contribution is 2.22. The molecule has 3 rings (SSSR count). The van der Waals surface area contributed by atoms with Crippen molar-refractivity contribution in [2.24, 2.45) is 0 Å². The zero-order valence-corrected chi connectivity index (χ0v) is 14.7. The molecule has 8 nitrogen and oxygen atoms in total. The minimum absolute atomic E-state index is 0.0758. The van der Waals surface area contributed by atoms with Crippen LogP contribution in [0.15, 0.2) is 30.3 Å². The van der Waals surface area contributed by atoms with Crippen LogP contribution in [0.2, 0.25) is 0 Å². The molecule has 2 amide bonds. The fourth-order valence-corrected chi connectivity index (χ4v) is 2.95. The number of morpholine rings is 1. The van der Waals surface area contributed by atoms with E-state index < -0.39 is 18.1 Å². The van der Waals surface area contributed by atoms with Crippen molar-refractivity contribution in [2.75, 3.05) is 19.7 Å². The maximum absolute atomic E-state index is 12.5. The molecule has 2 heterocycles. The van der Waals surface area contributed by atoms with Crippen LogP contribution in [0.3, 0.4) is 0 Å². The fourth-order valence-electron chi connectivity index (χ4n) is 2.95. The number of carboxylic acids is 1. The number of aliphatic carboxylic acids is 1. The Labute approximate surface area is 152 Å². The van der Waals surface area contributed by atoms with Crippen LogP contribution >= 0.6 is 0 Å². The van der Waals surface area contributed by atoms with Gasteiger partial charge in [-0.15, -0.1) is 0 Å². The zero-order chi connectivity index (χ0) is 18.9. The molecule has 142 valence electrons. The van der Waals surface area contributed by atoms with Crippen molar-refractivity contribution in [3.8, 4) is 0 Å². The van der Waals surface area contributed by atoms with Crippen LogP contribution < -0.4 is 16.0 Å². The first-order valence-electron chi connectivity index (χ1n) is 8.64. The van der Waals surface area contributed by atoms with Gasteiger partial charge in [-0.2, -0.15) is 0 Å². The van der Waals surface area contributed by atoms with Crippen molar-refractivity contribution < 1.29 is 24.2 Å². The molecule has 4 N–H and O–H groups in total. The van der Waals surface area contributed by atoms with Gasteiger partial charge in [-0.05, 0) is 31.5 Å². The largest absolute Gasteiger partial charge is 0.481 e. The van der Waals surface area contributed by atoms with Crippen LogP contribution in [0.25, 0.3) is 0 Å². The predicted molar refractivity (Wildman–Crippen MR) is 94.4 cm³/mol. The third-order valence-electron chi connectivity index (χ3n) is 4.12. The van der Waals surface area contributed by atoms with Crippen molar-refractivity contribution in [1.82, 2.24) is 16.0 Å². The molecule has 0 aromatic heterocycles. The smallest absolute Gasteiger partial charge is 0.300 e. The quantitative estimate of drug-likeness (QED) is 0.610. The van der Waals surface area contributed by atoms with E-state index in [4.69, 9.17) is 14.6 Å². The van der Waals surface area contributed by atoms with Crippen LogP contribution in [-0.4, -0.2) is 54.7 Å². The van der Waals surface area contributed by atoms with Gasteiger partial charge in [0, 0.05) is 13.0 Å². The summed E-state index contributed by atoms with van der Waals surface area (Å²) in [5.74, 6) is -1.18. The van der Waals surface area contributed by atoms with Crippen LogP contribution in [0.1, 0.15) is 31.4 Å². The third-order valence-corrected chi connectivity index (χ3v) is 4.12. The van der Waals surface area contributed by atoms with E-state index in [0.29, 0.717) is 0 Å². The number of rotatable bonds is 3. The van der Waals surface area contributed by atoms with Crippen molar-refractivity contribution >= 4 is 17.8 Å². The van der Waals surface area contributed by atoms with E-state index in [-0.39, 0.29) is 24.5 Å². The average Bonchev–Trinajstić information content (AvgIpc) is 2.62. The number of carbonyl (C=O) groups is 3. The lowest BCUT2D eigenvalue weighted by Gasteiger charge is -2.33. The second-order valence-electron chi connectivity index (χ2n) is 6.24. The van der Waals surface area contributed by atoms with Gasteiger partial charge in [-0.1, -0.05) is 30.3 Å². The summed E-state index contributed by atoms with van der Waals surface area (Å²) in [6, 6.07) is 9.19. The van der Waals surface area contributed by atoms with Gasteiger partial charge in [0.25, 0.3) is 11.9 Å². The van der Waals surface area contributed by atoms with Crippen LogP contribution in [-0.2, 0) is 19.1 Å². The van der Waals surface area contributed by atoms with Gasteiger partial charge in [0.15, 0.2) is 6.10 Å². The molecule has 2 aliphatic heterocycles. The molecular formula is C18H25N3O5. The number of carbonyl (C=O) groups excluding carboxylic acids is 2. The summed E-state index contributed by atoms with van der Waals surface area (Å²) in [7, 11) is 0. The van der Waals surface area contributed by atoms with Crippen molar-refractivity contribution in [3.63, 3.8) is 0 Å². The molecule has 1 aromatic carbocycles. The molecule has 0 unspecified atom stereocenters. The topological polar surface area (TPSA) is 117 Å². The zero-order valence-electron chi connectivity index (χ0n) is 14.7. The van der Waals surface area contributed by atoms with Gasteiger partial charge in [-0.3, -0.25) is 14.4 Å². The molecule has 0 spiro atoms. The molecular weight excluding hydrogens is 338 g/mol. The minimum Gasteiger partial charge on any atom is -0.481 e. The molecule has 2 aliphatic rings. The lowest BCUT2D eigenvalue weighted by atomic mass is 9.98. The number of amides is 2. The van der Waals surface area contributed by atoms with E-state index in [9.17, 15) is 9.59 Å². The number of piperidine rings is 1. The summed E-state index contributed by atoms with van der Waals surface area (Å²) in [5.41, 5.74) is 0.876. The molecule has 0 aliphatic carbocycles. The van der Waals surface area contributed by atoms with Crippen molar-refractivity contribution in [2.45, 2.75) is 38.0 Å². The summed E-state index contributed by atoms with van der Waals surface area (Å²) >= 11 is 0. The molecule has 2 atom stereocenters. The van der Waals surface area contributed by atoms with E-state index in [1.165, 1.54) is 0 Å². The number of hydrogen-bond acceptors (Lipinski definition) is 5. The SMILES string of the molecule is CC(=O)O.O=C1CO[C@H](C(=O)NC2CCNCC2)[C@@H](c2ccccc2)N1. The fraction of sp³-hybridized carbons (Fsp3) is 0.500. The predicted octanol–water partition coefficient (Wildman–Crippen LogP) is 0.202. The van der Waals surface area contributed by atoms with Gasteiger partial charge < -0.3 is 25.8 Å². The van der Waals surface area contributed by atoms with Gasteiger partial charge in [-0.25, -0.2) is 0 Å². The molecule has 2 fully saturated rings. The van der Waals surface area contributed by atoms with Gasteiger partial charge in [0.1, 0.15) is 6.61 Å². The average molecular weight is 363 g/mol. The molecule has 2 saturated heterocycles. The standard InChI is InChI=1S/C16H21N3O3.C2H4O2/c20-13-10-22-15(14(19-13)11-4-2-1-3-5-11)16(21)18-12-6-8-17-9-7-12;1-2(3)4/h1-5,12,14-15,17H,6-10H2,(H,18,21)(H,19,20);1H3,(H,3,4)/t14-,15+;/m1./s1. The normalized spacial score (nSPS) is 23.2. The first-order chi connectivity index (χ1) is 12.5. The molecule has 8 heteroatoms. The molecule has 26 heavy (non-hydrogen) atoms. The van der Waals surface area contributed by atoms with Crippen LogP contribution in [0.5, 0.6) is 0 Å². The maximum atomic E-state index is 12.5. The Morgan fingerprint density at radius 1 is 1.19 bits per heavy atom. The Balaban J connectivity index is 0.000000552. The van der Waals surface area contributed by atoms with Crippen LogP contribution in [0.4, 0.5) is 0 Å². The van der Waals surface area contributed by atoms with Gasteiger partial charge in [0.05, 0.1) is 6.04 Å². The number of hydrogen-bond donors (Lipinski definition) is 4. The number of nitrogens with one attached hydrogen (secondary N) is 3. The summed E-state index contributed by atoms with van der Waals surface area (Å²) in [4.78, 5) is 33.2. The Kier molecular flexibility index (Phi) is 7.55. The van der Waals surface area contributed by atoms with E-state index in [1.54, 1.807) is 0 Å². The van der Waals surface area contributed by atoms with E-state index in [1.807, 2.05) is 30.3 Å². The second kappa shape index (κ2) is 9.88. The first-order valence-corrected chi connectivity index (χ1v) is 8.64. The number of benzene rings is 1. The summed E-state index contributed by atoms with van der Waals surface area (Å²) < 4.78 is 5.52. The Bertz CT molecular complexity index is 613. The summed E-state index contributed by atoms with van der Waals surface area (Å²) in [5, 5.41) is 16.6. The van der Waals surface area contributed by atoms with Gasteiger partial charge >= 0.3 is 0 Å². The highest BCUT2D eigenvalue weighted by Gasteiger charge is 2.36. The van der Waals surface area contributed by atoms with E-state index in [0.717, 1.165) is 38.4 Å². The van der Waals surface area contributed by atoms with Gasteiger partial charge in [0.2, 0.25) is 5.91 Å². The highest BCUT2D eigenvalue weighted by molar-refractivity contribution is 5.86. The Morgan fingerprint density at radius 3 is 2.42 bits per heavy atom. The van der Waals surface area contributed by atoms with E-state index >= 15 is 0 Å². The number of carboxylic acid groups (broad SMARTS) is 1. The second-order valence-corrected chi connectivity index (χ2v) is 6.24. The highest BCUT2D eigenvalue weighted by atomic mass is 16.5. The monoisotopic (exact) mass is 363 g/mol. The lowest BCUT2D eigenvalue weighted by molar-refractivity contribution is -0.148. The molecule has 0 radical (unpaired) electrons. The maximum Gasteiger partial charge on any atom is 0.300 e. The summed E-state index contributed by atoms with van der Waals surface area (Å²) in [6.45, 7) is 2.83. The summed E-state index contributed by atoms with van der Waals surface area (Å²) in [6.07, 6.45) is 1.15. The molecule has 0 saturated carbocycles. The van der Waals surface area contributed by atoms with Crippen LogP contribution in [0, 0.1) is 0 Å². The lowest BCUT2D eigenvalue weighted by Crippen LogP contribution is -2.55. The van der Waals surface area contributed by atoms with Crippen molar-refractivity contribution in [1.29, 1.82) is 0 Å². The molecule has 1 aromatic rings. The van der Waals surface area contributed by atoms with E-state index in [2.05, 4.69) is 16.0 Å². The Morgan fingerprint density at radius 2 is 1.81 bits per heavy atom.